The molecule has 3 nitrogen and oxygen atoms in total. The normalized spacial score (nSPS) is 25.3. The van der Waals surface area contributed by atoms with Crippen molar-refractivity contribution < 1.29 is 4.74 Å². The molecular weight excluding hydrogens is 224 g/mol. The van der Waals surface area contributed by atoms with Gasteiger partial charge in [0.2, 0.25) is 0 Å². The predicted octanol–water partition coefficient (Wildman–Crippen LogP) is 2.02. The van der Waals surface area contributed by atoms with Crippen LogP contribution < -0.4 is 5.32 Å². The second kappa shape index (κ2) is 6.32. The highest BCUT2D eigenvalue weighted by atomic mass is 16.5. The topological polar surface area (TPSA) is 24.5 Å². The zero-order chi connectivity index (χ0) is 13.0. The third kappa shape index (κ3) is 3.80. The lowest BCUT2D eigenvalue weighted by Gasteiger charge is -2.36. The first-order valence-corrected chi connectivity index (χ1v) is 6.72. The Morgan fingerprint density at radius 1 is 1.11 bits per heavy atom. The molecule has 100 valence electrons. The van der Waals surface area contributed by atoms with E-state index in [4.69, 9.17) is 4.74 Å². The van der Waals surface area contributed by atoms with Crippen LogP contribution in [0.2, 0.25) is 0 Å². The molecule has 0 aliphatic carbocycles. The van der Waals surface area contributed by atoms with Gasteiger partial charge >= 0.3 is 0 Å². The van der Waals surface area contributed by atoms with Crippen LogP contribution in [-0.2, 0) is 17.9 Å². The van der Waals surface area contributed by atoms with Crippen molar-refractivity contribution in [3.05, 3.63) is 35.4 Å². The van der Waals surface area contributed by atoms with Crippen LogP contribution in [0, 0.1) is 0 Å². The van der Waals surface area contributed by atoms with E-state index in [-0.39, 0.29) is 0 Å². The fraction of sp³-hybridized carbons (Fsp3) is 0.600. The Labute approximate surface area is 110 Å². The third-order valence-corrected chi connectivity index (χ3v) is 3.37. The maximum atomic E-state index is 5.13. The molecule has 2 unspecified atom stereocenters. The Morgan fingerprint density at radius 3 is 2.22 bits per heavy atom. The van der Waals surface area contributed by atoms with E-state index in [1.807, 2.05) is 0 Å². The van der Waals surface area contributed by atoms with E-state index in [0.29, 0.717) is 18.7 Å². The van der Waals surface area contributed by atoms with Gasteiger partial charge in [-0.1, -0.05) is 24.3 Å². The fourth-order valence-electron chi connectivity index (χ4n) is 2.74. The number of methoxy groups -OCH3 is 1. The van der Waals surface area contributed by atoms with E-state index >= 15 is 0 Å². The summed E-state index contributed by atoms with van der Waals surface area (Å²) in [6.45, 7) is 8.51. The van der Waals surface area contributed by atoms with Crippen molar-refractivity contribution in [2.45, 2.75) is 39.1 Å². The van der Waals surface area contributed by atoms with Gasteiger partial charge in [-0.2, -0.15) is 0 Å². The van der Waals surface area contributed by atoms with Crippen LogP contribution in [0.5, 0.6) is 0 Å². The molecular formula is C15H24N2O. The molecule has 1 aromatic rings. The van der Waals surface area contributed by atoms with E-state index < -0.39 is 0 Å². The van der Waals surface area contributed by atoms with Crippen LogP contribution in [0.3, 0.4) is 0 Å². The van der Waals surface area contributed by atoms with Crippen LogP contribution in [0.1, 0.15) is 25.0 Å². The minimum atomic E-state index is 0.585. The summed E-state index contributed by atoms with van der Waals surface area (Å²) in [7, 11) is 1.73. The maximum Gasteiger partial charge on any atom is 0.0713 e. The molecule has 0 bridgehead atoms. The van der Waals surface area contributed by atoms with Crippen molar-refractivity contribution >= 4 is 0 Å². The molecule has 18 heavy (non-hydrogen) atoms. The number of nitrogens with zero attached hydrogens (tertiary/aromatic N) is 1. The zero-order valence-electron chi connectivity index (χ0n) is 11.6. The van der Waals surface area contributed by atoms with Crippen molar-refractivity contribution in [2.24, 2.45) is 0 Å². The van der Waals surface area contributed by atoms with E-state index in [1.54, 1.807) is 7.11 Å². The largest absolute Gasteiger partial charge is 0.380 e. The van der Waals surface area contributed by atoms with E-state index in [0.717, 1.165) is 19.6 Å². The number of ether oxygens (including phenoxy) is 1. The monoisotopic (exact) mass is 248 g/mol. The molecule has 1 heterocycles. The summed E-state index contributed by atoms with van der Waals surface area (Å²) < 4.78 is 5.13. The van der Waals surface area contributed by atoms with Gasteiger partial charge in [-0.05, 0) is 25.0 Å². The summed E-state index contributed by atoms with van der Waals surface area (Å²) in [5, 5.41) is 3.56. The molecule has 1 aliphatic heterocycles. The lowest BCUT2D eigenvalue weighted by molar-refractivity contribution is 0.166. The second-order valence-corrected chi connectivity index (χ2v) is 5.41. The lowest BCUT2D eigenvalue weighted by atomic mass is 10.1. The first-order valence-electron chi connectivity index (χ1n) is 6.72. The molecule has 1 aromatic carbocycles. The molecule has 1 aliphatic rings. The highest BCUT2D eigenvalue weighted by Gasteiger charge is 2.20. The van der Waals surface area contributed by atoms with E-state index in [2.05, 4.69) is 48.3 Å². The Balaban J connectivity index is 1.92. The number of rotatable bonds is 4. The molecule has 0 radical (unpaired) electrons. The lowest BCUT2D eigenvalue weighted by Crippen LogP contribution is -2.53. The molecule has 0 aromatic heterocycles. The molecule has 2 atom stereocenters. The molecule has 1 fully saturated rings. The van der Waals surface area contributed by atoms with Crippen molar-refractivity contribution in [1.82, 2.24) is 10.2 Å². The summed E-state index contributed by atoms with van der Waals surface area (Å²) in [5.74, 6) is 0. The minimum absolute atomic E-state index is 0.585. The summed E-state index contributed by atoms with van der Waals surface area (Å²) in [5.41, 5.74) is 2.62. The van der Waals surface area contributed by atoms with Gasteiger partial charge in [0.15, 0.2) is 0 Å². The number of nitrogens with one attached hydrogen (secondary N) is 1. The highest BCUT2D eigenvalue weighted by Crippen LogP contribution is 2.11. The number of benzene rings is 1. The molecule has 1 N–H and O–H groups in total. The van der Waals surface area contributed by atoms with Gasteiger partial charge in [-0.15, -0.1) is 0 Å². The molecule has 1 saturated heterocycles. The fourth-order valence-corrected chi connectivity index (χ4v) is 2.74. The van der Waals surface area contributed by atoms with Crippen molar-refractivity contribution in [3.8, 4) is 0 Å². The van der Waals surface area contributed by atoms with Gasteiger partial charge in [0.25, 0.3) is 0 Å². The molecule has 3 heteroatoms. The minimum Gasteiger partial charge on any atom is -0.380 e. The predicted molar refractivity (Wildman–Crippen MR) is 74.5 cm³/mol. The smallest absolute Gasteiger partial charge is 0.0713 e. The number of piperazine rings is 1. The van der Waals surface area contributed by atoms with Gasteiger partial charge in [-0.25, -0.2) is 0 Å². The summed E-state index contributed by atoms with van der Waals surface area (Å²) >= 11 is 0. The van der Waals surface area contributed by atoms with Gasteiger partial charge in [0.05, 0.1) is 6.61 Å². The van der Waals surface area contributed by atoms with Crippen LogP contribution in [-0.4, -0.2) is 37.2 Å². The van der Waals surface area contributed by atoms with Crippen molar-refractivity contribution in [3.63, 3.8) is 0 Å². The van der Waals surface area contributed by atoms with Gasteiger partial charge in [-0.3, -0.25) is 4.90 Å². The van der Waals surface area contributed by atoms with Crippen LogP contribution >= 0.6 is 0 Å². The summed E-state index contributed by atoms with van der Waals surface area (Å²) in [6, 6.07) is 9.92. The Kier molecular flexibility index (Phi) is 4.75. The van der Waals surface area contributed by atoms with Gasteiger partial charge < -0.3 is 10.1 Å². The quantitative estimate of drug-likeness (QED) is 0.882. The average Bonchev–Trinajstić information content (AvgIpc) is 2.31. The first-order chi connectivity index (χ1) is 8.67. The highest BCUT2D eigenvalue weighted by molar-refractivity contribution is 5.22. The van der Waals surface area contributed by atoms with Crippen molar-refractivity contribution in [1.29, 1.82) is 0 Å². The van der Waals surface area contributed by atoms with Crippen LogP contribution in [0.15, 0.2) is 24.3 Å². The Hall–Kier alpha value is -0.900. The summed E-state index contributed by atoms with van der Waals surface area (Å²) in [6.07, 6.45) is 0. The Morgan fingerprint density at radius 2 is 1.67 bits per heavy atom. The molecule has 2 rings (SSSR count). The molecule has 0 amide bonds. The summed E-state index contributed by atoms with van der Waals surface area (Å²) in [4.78, 5) is 2.52. The first kappa shape index (κ1) is 13.5. The van der Waals surface area contributed by atoms with E-state index in [1.165, 1.54) is 11.1 Å². The number of hydrogen-bond acceptors (Lipinski definition) is 3. The van der Waals surface area contributed by atoms with E-state index in [9.17, 15) is 0 Å². The van der Waals surface area contributed by atoms with Crippen LogP contribution in [0.4, 0.5) is 0 Å². The molecule has 0 spiro atoms. The van der Waals surface area contributed by atoms with Crippen molar-refractivity contribution in [2.75, 3.05) is 20.2 Å². The van der Waals surface area contributed by atoms with Gasteiger partial charge in [0, 0.05) is 38.8 Å². The SMILES string of the molecule is COCc1ccc(CN2CC(C)NC(C)C2)cc1. The number of hydrogen-bond donors (Lipinski definition) is 1. The average molecular weight is 248 g/mol. The zero-order valence-corrected chi connectivity index (χ0v) is 11.6. The maximum absolute atomic E-state index is 5.13. The third-order valence-electron chi connectivity index (χ3n) is 3.37. The van der Waals surface area contributed by atoms with Crippen LogP contribution in [0.25, 0.3) is 0 Å². The standard InChI is InChI=1S/C15H24N2O/c1-12-8-17(9-13(2)16-12)10-14-4-6-15(7-5-14)11-18-3/h4-7,12-13,16H,8-11H2,1-3H3. The molecule has 0 saturated carbocycles. The van der Waals surface area contributed by atoms with Gasteiger partial charge in [0.1, 0.15) is 0 Å². The second-order valence-electron chi connectivity index (χ2n) is 5.41. The Bertz CT molecular complexity index is 353.